The SMILES string of the molecule is CCN(CC)CCNC(=O)c1ccc2cc(C(=O)ON3C(=O)CCC3=O)ccc2n1. The third-order valence-corrected chi connectivity index (χ3v) is 4.95. The molecule has 0 saturated carbocycles. The number of imide groups is 1. The van der Waals surface area contributed by atoms with Gasteiger partial charge in [-0.3, -0.25) is 14.4 Å². The lowest BCUT2D eigenvalue weighted by Crippen LogP contribution is -2.35. The standard InChI is InChI=1S/C21H24N4O5/c1-3-24(4-2)12-11-22-20(28)17-8-5-14-13-15(6-7-16(14)23-17)21(29)30-25-18(26)9-10-19(25)27/h5-8,13H,3-4,9-12H2,1-2H3,(H,22,28). The Morgan fingerprint density at radius 1 is 1.10 bits per heavy atom. The normalized spacial score (nSPS) is 13.9. The molecule has 3 rings (SSSR count). The lowest BCUT2D eigenvalue weighted by molar-refractivity contribution is -0.172. The second-order valence-electron chi connectivity index (χ2n) is 6.85. The van der Waals surface area contributed by atoms with E-state index in [1.807, 2.05) is 0 Å². The number of benzene rings is 1. The second-order valence-corrected chi connectivity index (χ2v) is 6.85. The first-order chi connectivity index (χ1) is 14.4. The van der Waals surface area contributed by atoms with Crippen LogP contribution in [0.25, 0.3) is 10.9 Å². The Morgan fingerprint density at radius 2 is 1.80 bits per heavy atom. The van der Waals surface area contributed by atoms with Crippen LogP contribution in [0, 0.1) is 0 Å². The maximum atomic E-state index is 12.3. The van der Waals surface area contributed by atoms with E-state index in [9.17, 15) is 19.2 Å². The van der Waals surface area contributed by atoms with Crippen LogP contribution in [0.2, 0.25) is 0 Å². The van der Waals surface area contributed by atoms with Crippen molar-refractivity contribution < 1.29 is 24.0 Å². The van der Waals surface area contributed by atoms with Crippen molar-refractivity contribution >= 4 is 34.6 Å². The maximum absolute atomic E-state index is 12.3. The van der Waals surface area contributed by atoms with Gasteiger partial charge >= 0.3 is 5.97 Å². The van der Waals surface area contributed by atoms with E-state index in [-0.39, 0.29) is 30.0 Å². The monoisotopic (exact) mass is 412 g/mol. The fraction of sp³-hybridized carbons (Fsp3) is 0.381. The fourth-order valence-corrected chi connectivity index (χ4v) is 3.13. The van der Waals surface area contributed by atoms with Gasteiger partial charge in [-0.1, -0.05) is 19.9 Å². The highest BCUT2D eigenvalue weighted by Gasteiger charge is 2.33. The number of carbonyl (C=O) groups excluding carboxylic acids is 4. The highest BCUT2D eigenvalue weighted by molar-refractivity contribution is 6.03. The summed E-state index contributed by atoms with van der Waals surface area (Å²) in [5.74, 6) is -2.14. The van der Waals surface area contributed by atoms with E-state index in [1.54, 1.807) is 18.2 Å². The quantitative estimate of drug-likeness (QED) is 0.655. The Bertz CT molecular complexity index is 971. The molecule has 0 bridgehead atoms. The number of hydroxylamine groups is 2. The van der Waals surface area contributed by atoms with Gasteiger partial charge in [-0.15, -0.1) is 5.06 Å². The Morgan fingerprint density at radius 3 is 2.47 bits per heavy atom. The molecule has 1 aliphatic heterocycles. The number of fused-ring (bicyclic) bond motifs is 1. The number of hydrogen-bond donors (Lipinski definition) is 1. The summed E-state index contributed by atoms with van der Waals surface area (Å²) < 4.78 is 0. The molecule has 0 unspecified atom stereocenters. The van der Waals surface area contributed by atoms with Gasteiger partial charge in [0.2, 0.25) is 0 Å². The third kappa shape index (κ3) is 4.80. The summed E-state index contributed by atoms with van der Waals surface area (Å²) in [7, 11) is 0. The van der Waals surface area contributed by atoms with Gasteiger partial charge in [0.05, 0.1) is 11.1 Å². The van der Waals surface area contributed by atoms with Crippen molar-refractivity contribution in [2.75, 3.05) is 26.2 Å². The number of likely N-dealkylation sites (N-methyl/N-ethyl adjacent to an activating group) is 1. The minimum Gasteiger partial charge on any atom is -0.349 e. The molecule has 1 aromatic carbocycles. The molecule has 1 N–H and O–H groups in total. The molecule has 1 fully saturated rings. The first kappa shape index (κ1) is 21.4. The predicted octanol–water partition coefficient (Wildman–Crippen LogP) is 1.53. The minimum atomic E-state index is -0.807. The van der Waals surface area contributed by atoms with Crippen molar-refractivity contribution in [3.05, 3.63) is 41.6 Å². The number of pyridine rings is 1. The van der Waals surface area contributed by atoms with Crippen LogP contribution >= 0.6 is 0 Å². The molecule has 2 heterocycles. The molecule has 30 heavy (non-hydrogen) atoms. The van der Waals surface area contributed by atoms with Gasteiger partial charge in [0, 0.05) is 31.3 Å². The Labute approximate surface area is 173 Å². The number of rotatable bonds is 8. The van der Waals surface area contributed by atoms with Crippen LogP contribution in [-0.4, -0.2) is 64.8 Å². The van der Waals surface area contributed by atoms with Crippen LogP contribution in [-0.2, 0) is 14.4 Å². The summed E-state index contributed by atoms with van der Waals surface area (Å²) >= 11 is 0. The Hall–Kier alpha value is -3.33. The molecule has 0 radical (unpaired) electrons. The van der Waals surface area contributed by atoms with Crippen LogP contribution in [0.15, 0.2) is 30.3 Å². The third-order valence-electron chi connectivity index (χ3n) is 4.95. The number of nitrogens with one attached hydrogen (secondary N) is 1. The van der Waals surface area contributed by atoms with Crippen molar-refractivity contribution in [2.24, 2.45) is 0 Å². The van der Waals surface area contributed by atoms with E-state index in [0.717, 1.165) is 19.6 Å². The van der Waals surface area contributed by atoms with Gasteiger partial charge in [0.15, 0.2) is 0 Å². The summed E-state index contributed by atoms with van der Waals surface area (Å²) in [6.07, 6.45) is 0.0705. The van der Waals surface area contributed by atoms with E-state index in [2.05, 4.69) is 29.0 Å². The summed E-state index contributed by atoms with van der Waals surface area (Å²) in [5, 5.41) is 3.99. The number of carbonyl (C=O) groups is 4. The first-order valence-electron chi connectivity index (χ1n) is 9.92. The van der Waals surface area contributed by atoms with Crippen molar-refractivity contribution in [1.29, 1.82) is 0 Å². The zero-order valence-electron chi connectivity index (χ0n) is 17.0. The second kappa shape index (κ2) is 9.45. The molecular formula is C21H24N4O5. The first-order valence-corrected chi connectivity index (χ1v) is 9.92. The van der Waals surface area contributed by atoms with Crippen molar-refractivity contribution in [3.63, 3.8) is 0 Å². The van der Waals surface area contributed by atoms with Crippen LogP contribution in [0.3, 0.4) is 0 Å². The molecule has 3 amide bonds. The zero-order valence-corrected chi connectivity index (χ0v) is 17.0. The molecular weight excluding hydrogens is 388 g/mol. The number of hydrogen-bond acceptors (Lipinski definition) is 7. The lowest BCUT2D eigenvalue weighted by atomic mass is 10.1. The molecule has 0 spiro atoms. The van der Waals surface area contributed by atoms with Gasteiger partial charge in [0.25, 0.3) is 17.7 Å². The van der Waals surface area contributed by atoms with Crippen LogP contribution in [0.5, 0.6) is 0 Å². The van der Waals surface area contributed by atoms with Gasteiger partial charge in [-0.2, -0.15) is 0 Å². The largest absolute Gasteiger partial charge is 0.363 e. The summed E-state index contributed by atoms with van der Waals surface area (Å²) in [6.45, 7) is 7.28. The van der Waals surface area contributed by atoms with Crippen molar-refractivity contribution in [1.82, 2.24) is 20.3 Å². The molecule has 1 aliphatic rings. The number of aromatic nitrogens is 1. The molecule has 9 heteroatoms. The summed E-state index contributed by atoms with van der Waals surface area (Å²) in [5.41, 5.74) is 0.995. The highest BCUT2D eigenvalue weighted by Crippen LogP contribution is 2.18. The van der Waals surface area contributed by atoms with E-state index >= 15 is 0 Å². The van der Waals surface area contributed by atoms with Gasteiger partial charge in [-0.25, -0.2) is 9.78 Å². The summed E-state index contributed by atoms with van der Waals surface area (Å²) in [6, 6.07) is 7.87. The fourth-order valence-electron chi connectivity index (χ4n) is 3.13. The highest BCUT2D eigenvalue weighted by atomic mass is 16.7. The lowest BCUT2D eigenvalue weighted by Gasteiger charge is -2.17. The average molecular weight is 412 g/mol. The molecule has 0 atom stereocenters. The number of nitrogens with zero attached hydrogens (tertiary/aromatic N) is 3. The average Bonchev–Trinajstić information content (AvgIpc) is 3.07. The topological polar surface area (TPSA) is 109 Å². The molecule has 9 nitrogen and oxygen atoms in total. The van der Waals surface area contributed by atoms with Gasteiger partial charge < -0.3 is 15.1 Å². The number of amides is 3. The Kier molecular flexibility index (Phi) is 6.73. The van der Waals surface area contributed by atoms with Gasteiger partial charge in [0.1, 0.15) is 5.69 Å². The molecule has 0 aliphatic carbocycles. The van der Waals surface area contributed by atoms with Crippen LogP contribution in [0.1, 0.15) is 47.5 Å². The van der Waals surface area contributed by atoms with Crippen LogP contribution in [0.4, 0.5) is 0 Å². The maximum Gasteiger partial charge on any atom is 0.363 e. The van der Waals surface area contributed by atoms with Gasteiger partial charge in [-0.05, 0) is 37.4 Å². The van der Waals surface area contributed by atoms with Crippen molar-refractivity contribution in [3.8, 4) is 0 Å². The molecule has 2 aromatic rings. The molecule has 158 valence electrons. The Balaban J connectivity index is 1.66. The predicted molar refractivity (Wildman–Crippen MR) is 108 cm³/mol. The van der Waals surface area contributed by atoms with Crippen LogP contribution < -0.4 is 5.32 Å². The van der Waals surface area contributed by atoms with E-state index < -0.39 is 17.8 Å². The van der Waals surface area contributed by atoms with E-state index in [4.69, 9.17) is 4.84 Å². The molecule has 1 saturated heterocycles. The summed E-state index contributed by atoms with van der Waals surface area (Å²) in [4.78, 5) is 59.3. The van der Waals surface area contributed by atoms with E-state index in [1.165, 1.54) is 12.1 Å². The smallest absolute Gasteiger partial charge is 0.349 e. The van der Waals surface area contributed by atoms with E-state index in [0.29, 0.717) is 22.5 Å². The molecule has 1 aromatic heterocycles. The van der Waals surface area contributed by atoms with Crippen molar-refractivity contribution in [2.45, 2.75) is 26.7 Å². The minimum absolute atomic E-state index is 0.0352. The zero-order chi connectivity index (χ0) is 21.7.